The van der Waals surface area contributed by atoms with E-state index < -0.39 is 21.4 Å². The Balaban J connectivity index is 0.000000130. The normalized spacial score (nSPS) is 10.8. The van der Waals surface area contributed by atoms with Gasteiger partial charge in [0.2, 0.25) is 23.5 Å². The summed E-state index contributed by atoms with van der Waals surface area (Å²) in [6, 6.07) is 47.4. The van der Waals surface area contributed by atoms with Crippen LogP contribution < -0.4 is 16.4 Å². The molecular weight excluding hydrogens is 894 g/mol. The number of nitro benzene ring substituents is 2. The van der Waals surface area contributed by atoms with Crippen LogP contribution in [0.1, 0.15) is 0 Å². The molecule has 8 aromatic carbocycles. The average Bonchev–Trinajstić information content (AvgIpc) is 4.12. The molecule has 0 unspecified atom stereocenters. The molecule has 15 nitrogen and oxygen atoms in total. The summed E-state index contributed by atoms with van der Waals surface area (Å²) in [4.78, 5) is 33.9. The summed E-state index contributed by atoms with van der Waals surface area (Å²) in [6.07, 6.45) is 0. The van der Waals surface area contributed by atoms with Gasteiger partial charge in [-0.05, 0) is 127 Å². The number of nitrogens with two attached hydrogens (primary N) is 1. The Bertz CT molecular complexity index is 3560. The van der Waals surface area contributed by atoms with Gasteiger partial charge >= 0.3 is 5.69 Å². The summed E-state index contributed by atoms with van der Waals surface area (Å²) in [5.41, 5.74) is 14.0. The van der Waals surface area contributed by atoms with Crippen molar-refractivity contribution in [3.63, 3.8) is 0 Å². The first-order valence-corrected chi connectivity index (χ1v) is 20.7. The molecule has 0 aliphatic heterocycles. The van der Waals surface area contributed by atoms with Crippen LogP contribution in [0.15, 0.2) is 189 Å². The van der Waals surface area contributed by atoms with Gasteiger partial charge in [0, 0.05) is 40.2 Å². The number of hydrogen-bond donors (Lipinski definition) is 3. The minimum atomic E-state index is -0.884. The molecule has 0 amide bonds. The summed E-state index contributed by atoms with van der Waals surface area (Å²) in [5, 5.41) is 28.3. The van der Waals surface area contributed by atoms with E-state index in [2.05, 4.69) is 25.6 Å². The lowest BCUT2D eigenvalue weighted by atomic mass is 10.1. The van der Waals surface area contributed by atoms with Gasteiger partial charge in [-0.15, -0.1) is 0 Å². The fraction of sp³-hybridized carbons (Fsp3) is 0. The summed E-state index contributed by atoms with van der Waals surface area (Å²) < 4.78 is 56.1. The van der Waals surface area contributed by atoms with Crippen molar-refractivity contribution in [2.45, 2.75) is 0 Å². The van der Waals surface area contributed by atoms with Gasteiger partial charge in [-0.1, -0.05) is 36.4 Å². The van der Waals surface area contributed by atoms with Crippen molar-refractivity contribution in [1.82, 2.24) is 15.0 Å². The third-order valence-corrected chi connectivity index (χ3v) is 10.3. The topological polar surface area (TPSA) is 214 Å². The highest BCUT2D eigenvalue weighted by Gasteiger charge is 2.20. The van der Waals surface area contributed by atoms with Crippen LogP contribution in [0.2, 0.25) is 0 Å². The van der Waals surface area contributed by atoms with E-state index in [4.69, 9.17) is 19.0 Å². The molecule has 0 bridgehead atoms. The maximum Gasteiger partial charge on any atom is 0.305 e. The van der Waals surface area contributed by atoms with Crippen molar-refractivity contribution in [3.8, 4) is 34.4 Å². The average molecular weight is 927 g/mol. The van der Waals surface area contributed by atoms with Crippen LogP contribution in [0.3, 0.4) is 0 Å². The number of fused-ring (bicyclic) bond motifs is 3. The van der Waals surface area contributed by atoms with Gasteiger partial charge in [0.25, 0.3) is 5.69 Å². The fourth-order valence-electron chi connectivity index (χ4n) is 6.88. The van der Waals surface area contributed by atoms with E-state index in [0.717, 1.165) is 40.2 Å². The van der Waals surface area contributed by atoms with Crippen molar-refractivity contribution < 1.29 is 36.3 Å². The number of rotatable bonds is 9. The Labute approximate surface area is 387 Å². The molecule has 0 saturated heterocycles. The molecule has 4 N–H and O–H groups in total. The molecule has 11 rings (SSSR count). The summed E-state index contributed by atoms with van der Waals surface area (Å²) in [5.74, 6) is -0.482. The Hall–Kier alpha value is -9.84. The zero-order valence-corrected chi connectivity index (χ0v) is 35.5. The number of halogens is 3. The third kappa shape index (κ3) is 10.2. The van der Waals surface area contributed by atoms with E-state index in [1.165, 1.54) is 48.5 Å². The van der Waals surface area contributed by atoms with Crippen LogP contribution in [0.25, 0.3) is 67.7 Å². The number of nitrogen functional groups attached to an aromatic ring is 1. The van der Waals surface area contributed by atoms with Crippen molar-refractivity contribution in [2.75, 3.05) is 16.4 Å². The van der Waals surface area contributed by atoms with Crippen molar-refractivity contribution >= 4 is 73.1 Å². The number of hydrogen-bond acceptors (Lipinski definition) is 13. The Kier molecular flexibility index (Phi) is 12.4. The summed E-state index contributed by atoms with van der Waals surface area (Å²) in [6.45, 7) is 0. The molecule has 0 aliphatic carbocycles. The first-order chi connectivity index (χ1) is 33.4. The first kappa shape index (κ1) is 44.4. The summed E-state index contributed by atoms with van der Waals surface area (Å²) in [7, 11) is 0. The largest absolute Gasteiger partial charge is 0.436 e. The van der Waals surface area contributed by atoms with Gasteiger partial charge in [-0.25, -0.2) is 23.7 Å². The third-order valence-electron chi connectivity index (χ3n) is 10.3. The second kappa shape index (κ2) is 19.3. The quantitative estimate of drug-likeness (QED) is 0.0698. The molecule has 0 radical (unpaired) electrons. The van der Waals surface area contributed by atoms with Crippen LogP contribution in [0.4, 0.5) is 53.0 Å². The van der Waals surface area contributed by atoms with E-state index in [-0.39, 0.29) is 23.2 Å². The molecule has 3 aromatic heterocycles. The van der Waals surface area contributed by atoms with E-state index >= 15 is 0 Å². The second-order valence-electron chi connectivity index (χ2n) is 14.9. The smallest absolute Gasteiger partial charge is 0.305 e. The van der Waals surface area contributed by atoms with Crippen LogP contribution in [0, 0.1) is 37.7 Å². The lowest BCUT2D eigenvalue weighted by Crippen LogP contribution is -1.97. The van der Waals surface area contributed by atoms with E-state index in [1.54, 1.807) is 60.7 Å². The zero-order valence-electron chi connectivity index (χ0n) is 35.5. The highest BCUT2D eigenvalue weighted by atomic mass is 19.1. The van der Waals surface area contributed by atoms with Gasteiger partial charge < -0.3 is 29.6 Å². The van der Waals surface area contributed by atoms with Gasteiger partial charge in [-0.2, -0.15) is 4.39 Å². The lowest BCUT2D eigenvalue weighted by Gasteiger charge is -2.10. The van der Waals surface area contributed by atoms with Crippen LogP contribution >= 0.6 is 0 Å². The lowest BCUT2D eigenvalue weighted by molar-refractivity contribution is -0.387. The highest BCUT2D eigenvalue weighted by molar-refractivity contribution is 5.82. The SMILES string of the molecule is Nc1cc(-c2nc3ccccc3o2)ccc1Nc1ccc(F)cc1.O=[N+]([O-])c1cc(-c2nc3ccccc3o2)ccc1F.O=[N+]([O-])c1cc(-c2nc3ccccc3o2)ccc1Nc1ccc(F)cc1. The van der Waals surface area contributed by atoms with Crippen molar-refractivity contribution in [2.24, 2.45) is 0 Å². The van der Waals surface area contributed by atoms with E-state index in [1.807, 2.05) is 54.6 Å². The molecule has 0 atom stereocenters. The minimum absolute atomic E-state index is 0.130. The number of nitrogens with one attached hydrogen (secondary N) is 2. The Morgan fingerprint density at radius 1 is 0.449 bits per heavy atom. The molecule has 0 aliphatic rings. The maximum absolute atomic E-state index is 13.2. The fourth-order valence-corrected chi connectivity index (χ4v) is 6.88. The molecule has 0 saturated carbocycles. The molecule has 18 heteroatoms. The number of para-hydroxylation sites is 6. The number of aromatic nitrogens is 3. The van der Waals surface area contributed by atoms with Crippen LogP contribution in [-0.4, -0.2) is 24.8 Å². The molecular formula is C51H33F3N8O7. The molecule has 3 heterocycles. The van der Waals surface area contributed by atoms with Crippen LogP contribution in [-0.2, 0) is 0 Å². The van der Waals surface area contributed by atoms with E-state index in [9.17, 15) is 33.4 Å². The number of nitro groups is 2. The first-order valence-electron chi connectivity index (χ1n) is 20.7. The number of benzene rings is 8. The number of nitrogens with zero attached hydrogens (tertiary/aromatic N) is 5. The van der Waals surface area contributed by atoms with Gasteiger partial charge in [0.05, 0.1) is 21.2 Å². The molecule has 0 fully saturated rings. The Morgan fingerprint density at radius 3 is 1.25 bits per heavy atom. The monoisotopic (exact) mass is 926 g/mol. The molecule has 0 spiro atoms. The predicted molar refractivity (Wildman–Crippen MR) is 255 cm³/mol. The standard InChI is InChI=1S/C19H12FN3O3.C19H14FN3O.C13H7FN2O3/c20-13-6-8-14(9-7-13)21-15-10-5-12(11-17(15)23(24)25)19-22-16-3-1-2-4-18(16)26-19;20-13-6-8-14(9-7-13)22-16-10-5-12(11-15(16)21)19-23-17-3-1-2-4-18(17)24-19;14-9-6-5-8(7-11(9)16(17)18)13-15-10-3-1-2-4-12(10)19-13/h1-11,21H;1-11,22H,21H2;1-7H. The molecule has 69 heavy (non-hydrogen) atoms. The maximum atomic E-state index is 13.2. The molecule has 11 aromatic rings. The van der Waals surface area contributed by atoms with Gasteiger partial charge in [0.15, 0.2) is 16.7 Å². The molecule has 340 valence electrons. The van der Waals surface area contributed by atoms with Gasteiger partial charge in [0.1, 0.15) is 33.9 Å². The van der Waals surface area contributed by atoms with Crippen molar-refractivity contribution in [1.29, 1.82) is 0 Å². The predicted octanol–water partition coefficient (Wildman–Crippen LogP) is 13.8. The highest BCUT2D eigenvalue weighted by Crippen LogP contribution is 2.35. The number of oxazole rings is 3. The van der Waals surface area contributed by atoms with Crippen molar-refractivity contribution in [3.05, 3.63) is 214 Å². The zero-order chi connectivity index (χ0) is 48.0. The van der Waals surface area contributed by atoms with Gasteiger partial charge in [-0.3, -0.25) is 20.2 Å². The Morgan fingerprint density at radius 2 is 0.826 bits per heavy atom. The second-order valence-corrected chi connectivity index (χ2v) is 14.9. The number of anilines is 5. The van der Waals surface area contributed by atoms with Crippen LogP contribution in [0.5, 0.6) is 0 Å². The minimum Gasteiger partial charge on any atom is -0.436 e. The summed E-state index contributed by atoms with van der Waals surface area (Å²) >= 11 is 0. The van der Waals surface area contributed by atoms with E-state index in [0.29, 0.717) is 62.2 Å².